The van der Waals surface area contributed by atoms with E-state index in [2.05, 4.69) is 37.9 Å². The Hall–Kier alpha value is -2.68. The molecule has 2 aromatic carbocycles. The first-order valence-corrected chi connectivity index (χ1v) is 8.10. The maximum Gasteiger partial charge on any atom is 0.258 e. The molecule has 0 atom stereocenters. The Morgan fingerprint density at radius 2 is 1.62 bits per heavy atom. The normalized spacial score (nSPS) is 11.5. The molecule has 0 unspecified atom stereocenters. The van der Waals surface area contributed by atoms with Crippen molar-refractivity contribution in [1.82, 2.24) is 4.98 Å². The smallest absolute Gasteiger partial charge is 0.258 e. The van der Waals surface area contributed by atoms with Crippen LogP contribution in [0.4, 0.5) is 5.69 Å². The lowest BCUT2D eigenvalue weighted by molar-refractivity contribution is 0.0994. The molecule has 0 radical (unpaired) electrons. The SMILES string of the molecule is CN(C(=O)c1ccnc2ccccc12)c1ccc(C(C)(C)C)cc1. The van der Waals surface area contributed by atoms with E-state index in [0.29, 0.717) is 5.56 Å². The highest BCUT2D eigenvalue weighted by atomic mass is 16.2. The lowest BCUT2D eigenvalue weighted by atomic mass is 9.87. The number of aromatic nitrogens is 1. The van der Waals surface area contributed by atoms with Gasteiger partial charge >= 0.3 is 0 Å². The monoisotopic (exact) mass is 318 g/mol. The molecule has 0 aliphatic rings. The number of hydrogen-bond donors (Lipinski definition) is 0. The lowest BCUT2D eigenvalue weighted by Gasteiger charge is -2.22. The van der Waals surface area contributed by atoms with Crippen molar-refractivity contribution in [2.24, 2.45) is 0 Å². The number of fused-ring (bicyclic) bond motifs is 1. The molecule has 3 heteroatoms. The fraction of sp³-hybridized carbons (Fsp3) is 0.238. The molecule has 122 valence electrons. The number of hydrogen-bond acceptors (Lipinski definition) is 2. The second-order valence-corrected chi connectivity index (χ2v) is 7.04. The molecule has 3 rings (SSSR count). The number of carbonyl (C=O) groups is 1. The van der Waals surface area contributed by atoms with Gasteiger partial charge in [-0.3, -0.25) is 9.78 Å². The Morgan fingerprint density at radius 3 is 2.29 bits per heavy atom. The molecule has 0 fully saturated rings. The number of pyridine rings is 1. The summed E-state index contributed by atoms with van der Waals surface area (Å²) in [5.74, 6) is -0.0305. The summed E-state index contributed by atoms with van der Waals surface area (Å²) < 4.78 is 0. The van der Waals surface area contributed by atoms with Gasteiger partial charge in [-0.15, -0.1) is 0 Å². The number of rotatable bonds is 2. The van der Waals surface area contributed by atoms with Crippen LogP contribution in [0.25, 0.3) is 10.9 Å². The van der Waals surface area contributed by atoms with E-state index in [1.165, 1.54) is 5.56 Å². The maximum absolute atomic E-state index is 12.9. The summed E-state index contributed by atoms with van der Waals surface area (Å²) in [4.78, 5) is 19.0. The standard InChI is InChI=1S/C21H22N2O/c1-21(2,3)15-9-11-16(12-10-15)23(4)20(24)18-13-14-22-19-8-6-5-7-17(18)19/h5-14H,1-4H3. The predicted molar refractivity (Wildman–Crippen MR) is 99.6 cm³/mol. The third-order valence-electron chi connectivity index (χ3n) is 4.30. The maximum atomic E-state index is 12.9. The summed E-state index contributed by atoms with van der Waals surface area (Å²) in [5, 5.41) is 0.878. The Kier molecular flexibility index (Phi) is 4.10. The summed E-state index contributed by atoms with van der Waals surface area (Å²) >= 11 is 0. The lowest BCUT2D eigenvalue weighted by Crippen LogP contribution is -2.26. The van der Waals surface area contributed by atoms with Gasteiger partial charge < -0.3 is 4.90 Å². The molecular formula is C21H22N2O. The number of amides is 1. The van der Waals surface area contributed by atoms with Gasteiger partial charge in [-0.1, -0.05) is 51.1 Å². The molecule has 1 heterocycles. The molecule has 0 spiro atoms. The molecule has 1 aromatic heterocycles. The van der Waals surface area contributed by atoms with Crippen LogP contribution < -0.4 is 4.90 Å². The Balaban J connectivity index is 1.94. The topological polar surface area (TPSA) is 33.2 Å². The van der Waals surface area contributed by atoms with E-state index in [9.17, 15) is 4.79 Å². The van der Waals surface area contributed by atoms with Gasteiger partial charge in [0.25, 0.3) is 5.91 Å². The Labute approximate surface area is 143 Å². The van der Waals surface area contributed by atoms with Crippen molar-refractivity contribution in [1.29, 1.82) is 0 Å². The summed E-state index contributed by atoms with van der Waals surface area (Å²) in [6.07, 6.45) is 1.69. The van der Waals surface area contributed by atoms with Crippen molar-refractivity contribution < 1.29 is 4.79 Å². The summed E-state index contributed by atoms with van der Waals surface area (Å²) in [7, 11) is 1.81. The van der Waals surface area contributed by atoms with Gasteiger partial charge in [0.2, 0.25) is 0 Å². The third kappa shape index (κ3) is 3.02. The van der Waals surface area contributed by atoms with Gasteiger partial charge in [-0.2, -0.15) is 0 Å². The second-order valence-electron chi connectivity index (χ2n) is 7.04. The molecule has 0 saturated heterocycles. The first-order valence-electron chi connectivity index (χ1n) is 8.10. The molecule has 3 nitrogen and oxygen atoms in total. The molecule has 0 saturated carbocycles. The van der Waals surface area contributed by atoms with Crippen molar-refractivity contribution in [2.45, 2.75) is 26.2 Å². The zero-order valence-electron chi connectivity index (χ0n) is 14.6. The quantitative estimate of drug-likeness (QED) is 0.679. The van der Waals surface area contributed by atoms with Crippen LogP contribution in [-0.4, -0.2) is 17.9 Å². The molecule has 0 N–H and O–H groups in total. The average Bonchev–Trinajstić information content (AvgIpc) is 2.59. The summed E-state index contributed by atoms with van der Waals surface area (Å²) in [5.41, 5.74) is 3.74. The van der Waals surface area contributed by atoms with Crippen molar-refractivity contribution in [3.05, 3.63) is 71.9 Å². The minimum absolute atomic E-state index is 0.0305. The molecular weight excluding hydrogens is 296 g/mol. The molecule has 0 bridgehead atoms. The van der Waals surface area contributed by atoms with Crippen LogP contribution in [-0.2, 0) is 5.41 Å². The van der Waals surface area contributed by atoms with E-state index in [0.717, 1.165) is 16.6 Å². The zero-order valence-corrected chi connectivity index (χ0v) is 14.6. The Bertz CT molecular complexity index is 871. The van der Waals surface area contributed by atoms with Gasteiger partial charge in [-0.25, -0.2) is 0 Å². The van der Waals surface area contributed by atoms with Crippen LogP contribution in [0.3, 0.4) is 0 Å². The van der Waals surface area contributed by atoms with Crippen LogP contribution in [0.15, 0.2) is 60.8 Å². The molecule has 1 amide bonds. The summed E-state index contributed by atoms with van der Waals surface area (Å²) in [6, 6.07) is 17.7. The van der Waals surface area contributed by atoms with Gasteiger partial charge in [0.1, 0.15) is 0 Å². The number of para-hydroxylation sites is 1. The van der Waals surface area contributed by atoms with Gasteiger partial charge in [0, 0.05) is 24.3 Å². The van der Waals surface area contributed by atoms with Crippen LogP contribution in [0.5, 0.6) is 0 Å². The van der Waals surface area contributed by atoms with Crippen LogP contribution in [0.2, 0.25) is 0 Å². The zero-order chi connectivity index (χ0) is 17.3. The number of benzene rings is 2. The predicted octanol–water partition coefficient (Wildman–Crippen LogP) is 4.81. The second kappa shape index (κ2) is 6.08. The molecule has 3 aromatic rings. The number of anilines is 1. The molecule has 0 aliphatic carbocycles. The van der Waals surface area contributed by atoms with Gasteiger partial charge in [0.15, 0.2) is 0 Å². The van der Waals surface area contributed by atoms with Gasteiger partial charge in [-0.05, 0) is 35.2 Å². The highest BCUT2D eigenvalue weighted by Crippen LogP contribution is 2.26. The largest absolute Gasteiger partial charge is 0.311 e. The molecule has 24 heavy (non-hydrogen) atoms. The van der Waals surface area contributed by atoms with E-state index in [-0.39, 0.29) is 11.3 Å². The summed E-state index contributed by atoms with van der Waals surface area (Å²) in [6.45, 7) is 6.54. The fourth-order valence-electron chi connectivity index (χ4n) is 2.77. The van der Waals surface area contributed by atoms with Crippen LogP contribution >= 0.6 is 0 Å². The van der Waals surface area contributed by atoms with Gasteiger partial charge in [0.05, 0.1) is 11.1 Å². The highest BCUT2D eigenvalue weighted by Gasteiger charge is 2.18. The van der Waals surface area contributed by atoms with Crippen molar-refractivity contribution in [3.63, 3.8) is 0 Å². The highest BCUT2D eigenvalue weighted by molar-refractivity contribution is 6.13. The third-order valence-corrected chi connectivity index (χ3v) is 4.30. The first-order chi connectivity index (χ1) is 11.4. The average molecular weight is 318 g/mol. The van der Waals surface area contributed by atoms with E-state index < -0.39 is 0 Å². The van der Waals surface area contributed by atoms with Crippen molar-refractivity contribution in [2.75, 3.05) is 11.9 Å². The Morgan fingerprint density at radius 1 is 0.958 bits per heavy atom. The fourth-order valence-corrected chi connectivity index (χ4v) is 2.77. The van der Waals surface area contributed by atoms with E-state index in [4.69, 9.17) is 0 Å². The van der Waals surface area contributed by atoms with Crippen molar-refractivity contribution >= 4 is 22.5 Å². The van der Waals surface area contributed by atoms with E-state index in [1.807, 2.05) is 43.4 Å². The van der Waals surface area contributed by atoms with Crippen molar-refractivity contribution in [3.8, 4) is 0 Å². The number of carbonyl (C=O) groups excluding carboxylic acids is 1. The van der Waals surface area contributed by atoms with E-state index in [1.54, 1.807) is 17.2 Å². The minimum Gasteiger partial charge on any atom is -0.311 e. The van der Waals surface area contributed by atoms with Crippen LogP contribution in [0, 0.1) is 0 Å². The first kappa shape index (κ1) is 16.2. The minimum atomic E-state index is -0.0305. The van der Waals surface area contributed by atoms with Crippen LogP contribution in [0.1, 0.15) is 36.7 Å². The van der Waals surface area contributed by atoms with E-state index >= 15 is 0 Å². The number of nitrogens with zero attached hydrogens (tertiary/aromatic N) is 2. The molecule has 0 aliphatic heterocycles.